The molecule has 4 nitrogen and oxygen atoms in total. The maximum Gasteiger partial charge on any atom is 0.128 e. The fraction of sp³-hybridized carbons (Fsp3) is 0.357. The molecule has 2 aromatic rings. The van der Waals surface area contributed by atoms with E-state index in [9.17, 15) is 0 Å². The lowest BCUT2D eigenvalue weighted by atomic mass is 10.0. The van der Waals surface area contributed by atoms with E-state index in [0.717, 1.165) is 42.3 Å². The molecule has 0 spiro atoms. The Kier molecular flexibility index (Phi) is 2.70. The number of aryl methyl sites for hydroxylation is 2. The highest BCUT2D eigenvalue weighted by molar-refractivity contribution is 5.73. The van der Waals surface area contributed by atoms with E-state index < -0.39 is 0 Å². The van der Waals surface area contributed by atoms with Gasteiger partial charge in [0.2, 0.25) is 0 Å². The number of fused-ring (bicyclic) bond motifs is 1. The van der Waals surface area contributed by atoms with Crippen LogP contribution < -0.4 is 10.1 Å². The normalized spacial score (nSPS) is 13.9. The van der Waals surface area contributed by atoms with Gasteiger partial charge in [-0.3, -0.25) is 0 Å². The van der Waals surface area contributed by atoms with Crippen molar-refractivity contribution in [3.05, 3.63) is 29.8 Å². The van der Waals surface area contributed by atoms with Crippen LogP contribution in [0.25, 0.3) is 11.3 Å². The molecular weight excluding hydrogens is 226 g/mol. The number of hydrogen-bond acceptors (Lipinski definition) is 3. The third-order valence-corrected chi connectivity index (χ3v) is 3.34. The second-order valence-corrected chi connectivity index (χ2v) is 4.57. The van der Waals surface area contributed by atoms with Crippen LogP contribution in [0.4, 0.5) is 5.82 Å². The molecule has 0 saturated carbocycles. The van der Waals surface area contributed by atoms with Crippen LogP contribution in [0.1, 0.15) is 12.0 Å². The second-order valence-electron chi connectivity index (χ2n) is 4.57. The van der Waals surface area contributed by atoms with Crippen molar-refractivity contribution in [3.63, 3.8) is 0 Å². The number of hydrogen-bond donors (Lipinski definition) is 1. The van der Waals surface area contributed by atoms with E-state index in [1.807, 2.05) is 16.8 Å². The number of anilines is 1. The fourth-order valence-electron chi connectivity index (χ4n) is 2.44. The van der Waals surface area contributed by atoms with Gasteiger partial charge in [0.25, 0.3) is 0 Å². The Morgan fingerprint density at radius 1 is 1.39 bits per heavy atom. The lowest BCUT2D eigenvalue weighted by Gasteiger charge is -2.14. The fourth-order valence-corrected chi connectivity index (χ4v) is 2.44. The molecule has 0 atom stereocenters. The van der Waals surface area contributed by atoms with E-state index >= 15 is 0 Å². The summed E-state index contributed by atoms with van der Waals surface area (Å²) in [6.45, 7) is 4.09. The van der Waals surface area contributed by atoms with E-state index in [-0.39, 0.29) is 0 Å². The maximum atomic E-state index is 5.44. The lowest BCUT2D eigenvalue weighted by molar-refractivity contribution is 0.416. The molecule has 0 amide bonds. The van der Waals surface area contributed by atoms with E-state index in [0.29, 0.717) is 0 Å². The minimum Gasteiger partial charge on any atom is -0.496 e. The summed E-state index contributed by atoms with van der Waals surface area (Å²) >= 11 is 0. The largest absolute Gasteiger partial charge is 0.496 e. The van der Waals surface area contributed by atoms with E-state index in [1.54, 1.807) is 7.11 Å². The van der Waals surface area contributed by atoms with Crippen molar-refractivity contribution in [2.45, 2.75) is 19.9 Å². The molecule has 0 saturated heterocycles. The Bertz CT molecular complexity index is 551. The van der Waals surface area contributed by atoms with Gasteiger partial charge in [0.15, 0.2) is 0 Å². The predicted octanol–water partition coefficient (Wildman–Crippen LogP) is 2.68. The Labute approximate surface area is 107 Å². The number of ether oxygens (including phenoxy) is 1. The van der Waals surface area contributed by atoms with Gasteiger partial charge in [-0.1, -0.05) is 12.1 Å². The molecule has 2 heterocycles. The van der Waals surface area contributed by atoms with E-state index in [1.165, 1.54) is 5.56 Å². The average molecular weight is 243 g/mol. The number of benzene rings is 1. The summed E-state index contributed by atoms with van der Waals surface area (Å²) < 4.78 is 7.48. The third-order valence-electron chi connectivity index (χ3n) is 3.34. The molecule has 4 heteroatoms. The van der Waals surface area contributed by atoms with Crippen LogP contribution in [0.5, 0.6) is 5.75 Å². The van der Waals surface area contributed by atoms with Crippen LogP contribution in [0, 0.1) is 6.92 Å². The van der Waals surface area contributed by atoms with E-state index in [4.69, 9.17) is 4.74 Å². The smallest absolute Gasteiger partial charge is 0.128 e. The molecule has 1 aliphatic heterocycles. The molecule has 1 aliphatic rings. The highest BCUT2D eigenvalue weighted by atomic mass is 16.5. The first kappa shape index (κ1) is 11.1. The SMILES string of the molecule is COc1cccc(C)c1-c1cc2n(n1)CCCN2. The zero-order chi connectivity index (χ0) is 12.5. The van der Waals surface area contributed by atoms with Crippen molar-refractivity contribution >= 4 is 5.82 Å². The zero-order valence-corrected chi connectivity index (χ0v) is 10.7. The predicted molar refractivity (Wildman–Crippen MR) is 72.1 cm³/mol. The molecule has 0 unspecified atom stereocenters. The molecule has 94 valence electrons. The molecule has 18 heavy (non-hydrogen) atoms. The average Bonchev–Trinajstić information content (AvgIpc) is 2.81. The van der Waals surface area contributed by atoms with Crippen molar-refractivity contribution in [2.24, 2.45) is 0 Å². The number of nitrogens with one attached hydrogen (secondary N) is 1. The van der Waals surface area contributed by atoms with Crippen LogP contribution >= 0.6 is 0 Å². The zero-order valence-electron chi connectivity index (χ0n) is 10.7. The Balaban J connectivity index is 2.12. The van der Waals surface area contributed by atoms with Gasteiger partial charge in [0, 0.05) is 24.7 Å². The molecule has 0 bridgehead atoms. The summed E-state index contributed by atoms with van der Waals surface area (Å²) in [5.74, 6) is 1.98. The van der Waals surface area contributed by atoms with Crippen LogP contribution in [-0.4, -0.2) is 23.4 Å². The number of rotatable bonds is 2. The summed E-state index contributed by atoms with van der Waals surface area (Å²) in [5, 5.41) is 8.03. The summed E-state index contributed by atoms with van der Waals surface area (Å²) in [4.78, 5) is 0. The molecule has 0 fully saturated rings. The topological polar surface area (TPSA) is 39.1 Å². The molecule has 0 aliphatic carbocycles. The van der Waals surface area contributed by atoms with Crippen LogP contribution in [0.2, 0.25) is 0 Å². The van der Waals surface area contributed by atoms with Gasteiger partial charge in [-0.15, -0.1) is 0 Å². The Morgan fingerprint density at radius 3 is 3.06 bits per heavy atom. The van der Waals surface area contributed by atoms with Crippen molar-refractivity contribution in [1.29, 1.82) is 0 Å². The third kappa shape index (κ3) is 1.74. The van der Waals surface area contributed by atoms with Crippen LogP contribution in [0.15, 0.2) is 24.3 Å². The number of nitrogens with zero attached hydrogens (tertiary/aromatic N) is 2. The molecule has 1 aromatic carbocycles. The lowest BCUT2D eigenvalue weighted by Crippen LogP contribution is -2.17. The van der Waals surface area contributed by atoms with Gasteiger partial charge >= 0.3 is 0 Å². The standard InChI is InChI=1S/C14H17N3O/c1-10-5-3-6-12(18-2)14(10)11-9-13-15-7-4-8-17(13)16-11/h3,5-6,9,15H,4,7-8H2,1-2H3. The van der Waals surface area contributed by atoms with Crippen LogP contribution in [-0.2, 0) is 6.54 Å². The quantitative estimate of drug-likeness (QED) is 0.881. The Morgan fingerprint density at radius 2 is 2.28 bits per heavy atom. The van der Waals surface area contributed by atoms with Gasteiger partial charge in [0.1, 0.15) is 11.6 Å². The number of aromatic nitrogens is 2. The molecule has 0 radical (unpaired) electrons. The first-order chi connectivity index (χ1) is 8.79. The van der Waals surface area contributed by atoms with Crippen molar-refractivity contribution in [2.75, 3.05) is 19.0 Å². The van der Waals surface area contributed by atoms with E-state index in [2.05, 4.69) is 29.5 Å². The van der Waals surface area contributed by atoms with Gasteiger partial charge in [0.05, 0.1) is 12.8 Å². The summed E-state index contributed by atoms with van der Waals surface area (Å²) in [6, 6.07) is 8.17. The van der Waals surface area contributed by atoms with Gasteiger partial charge < -0.3 is 10.1 Å². The van der Waals surface area contributed by atoms with Crippen molar-refractivity contribution < 1.29 is 4.74 Å². The molecule has 1 N–H and O–H groups in total. The van der Waals surface area contributed by atoms with Gasteiger partial charge in [-0.05, 0) is 25.0 Å². The molecule has 3 rings (SSSR count). The molecular formula is C14H17N3O. The van der Waals surface area contributed by atoms with Crippen LogP contribution in [0.3, 0.4) is 0 Å². The summed E-state index contributed by atoms with van der Waals surface area (Å²) in [6.07, 6.45) is 1.12. The second kappa shape index (κ2) is 4.37. The minimum atomic E-state index is 0.880. The monoisotopic (exact) mass is 243 g/mol. The highest BCUT2D eigenvalue weighted by Gasteiger charge is 2.16. The van der Waals surface area contributed by atoms with Gasteiger partial charge in [-0.25, -0.2) is 4.68 Å². The summed E-state index contributed by atoms with van der Waals surface area (Å²) in [5.41, 5.74) is 3.25. The van der Waals surface area contributed by atoms with Crippen molar-refractivity contribution in [1.82, 2.24) is 9.78 Å². The summed E-state index contributed by atoms with van der Waals surface area (Å²) in [7, 11) is 1.70. The van der Waals surface area contributed by atoms with Gasteiger partial charge in [-0.2, -0.15) is 5.10 Å². The first-order valence-corrected chi connectivity index (χ1v) is 6.25. The first-order valence-electron chi connectivity index (χ1n) is 6.25. The molecule has 1 aromatic heterocycles. The Hall–Kier alpha value is -1.97. The maximum absolute atomic E-state index is 5.44. The van der Waals surface area contributed by atoms with Crippen molar-refractivity contribution in [3.8, 4) is 17.0 Å². The minimum absolute atomic E-state index is 0.880. The number of methoxy groups -OCH3 is 1. The highest BCUT2D eigenvalue weighted by Crippen LogP contribution is 2.34.